The number of nitrogens with zero attached hydrogens (tertiary/aromatic N) is 3. The van der Waals surface area contributed by atoms with Gasteiger partial charge in [-0.25, -0.2) is 32.9 Å². The zero-order valence-electron chi connectivity index (χ0n) is 21.1. The molecule has 4 rings (SSSR count). The molecule has 13 heteroatoms. The zero-order chi connectivity index (χ0) is 28.8. The Balaban J connectivity index is 1.62. The topological polar surface area (TPSA) is 116 Å². The van der Waals surface area contributed by atoms with E-state index in [0.29, 0.717) is 22.6 Å². The van der Waals surface area contributed by atoms with E-state index in [4.69, 9.17) is 14.2 Å². The first kappa shape index (κ1) is 28.1. The Bertz CT molecular complexity index is 1520. The minimum absolute atomic E-state index is 0.0187. The number of ether oxygens (including phenoxy) is 3. The van der Waals surface area contributed by atoms with E-state index in [9.17, 15) is 23.1 Å². The minimum Gasteiger partial charge on any atom is -0.497 e. The molecule has 0 radical (unpaired) electrons. The molecule has 40 heavy (non-hydrogen) atoms. The second kappa shape index (κ2) is 12.3. The Kier molecular flexibility index (Phi) is 8.62. The van der Waals surface area contributed by atoms with E-state index in [0.717, 1.165) is 12.3 Å². The molecule has 0 amide bonds. The summed E-state index contributed by atoms with van der Waals surface area (Å²) in [7, 11) is 2.99. The number of anilines is 1. The van der Waals surface area contributed by atoms with Crippen molar-refractivity contribution in [3.63, 3.8) is 0 Å². The van der Waals surface area contributed by atoms with Crippen LogP contribution in [0.2, 0.25) is 0 Å². The van der Waals surface area contributed by atoms with Gasteiger partial charge in [-0.15, -0.1) is 0 Å². The summed E-state index contributed by atoms with van der Waals surface area (Å²) in [5.41, 5.74) is -0.593. The van der Waals surface area contributed by atoms with Crippen LogP contribution >= 0.6 is 0 Å². The van der Waals surface area contributed by atoms with Crippen LogP contribution < -0.4 is 19.5 Å². The highest BCUT2D eigenvalue weighted by atomic mass is 19.3. The number of alkyl halides is 2. The maximum absolute atomic E-state index is 15.1. The first-order chi connectivity index (χ1) is 19.2. The van der Waals surface area contributed by atoms with Gasteiger partial charge in [-0.2, -0.15) is 4.39 Å². The lowest BCUT2D eigenvalue weighted by atomic mass is 10.1. The maximum atomic E-state index is 15.1. The molecule has 2 heterocycles. The number of aromatic nitrogens is 3. The minimum atomic E-state index is -2.66. The number of hydrogen-bond acceptors (Lipinski definition) is 8. The van der Waals surface area contributed by atoms with Crippen molar-refractivity contribution in [3.8, 4) is 39.9 Å². The lowest BCUT2D eigenvalue weighted by molar-refractivity contribution is 0.0691. The van der Waals surface area contributed by atoms with E-state index in [1.165, 1.54) is 38.5 Å². The summed E-state index contributed by atoms with van der Waals surface area (Å²) in [5, 5.41) is 12.3. The van der Waals surface area contributed by atoms with E-state index >= 15 is 4.39 Å². The first-order valence-electron chi connectivity index (χ1n) is 11.6. The predicted octanol–water partition coefficient (Wildman–Crippen LogP) is 5.46. The number of carboxylic acid groups (broad SMARTS) is 1. The molecule has 0 saturated carbocycles. The van der Waals surface area contributed by atoms with Crippen LogP contribution in [-0.2, 0) is 6.54 Å². The summed E-state index contributed by atoms with van der Waals surface area (Å²) < 4.78 is 70.2. The van der Waals surface area contributed by atoms with Crippen molar-refractivity contribution in [2.75, 3.05) is 26.1 Å². The van der Waals surface area contributed by atoms with Gasteiger partial charge in [0.1, 0.15) is 35.2 Å². The van der Waals surface area contributed by atoms with Crippen LogP contribution in [0.3, 0.4) is 0 Å². The smallest absolute Gasteiger partial charge is 0.338 e. The highest BCUT2D eigenvalue weighted by Gasteiger charge is 2.22. The summed E-state index contributed by atoms with van der Waals surface area (Å²) in [6.07, 6.45) is -1.61. The Labute approximate surface area is 225 Å². The van der Waals surface area contributed by atoms with Crippen LogP contribution in [-0.4, -0.2) is 53.3 Å². The van der Waals surface area contributed by atoms with Gasteiger partial charge in [0.15, 0.2) is 11.6 Å². The molecule has 9 nitrogen and oxygen atoms in total. The standard InChI is InChI=1S/C27H22F4N4O5/c1-38-17-8-5-15(21(9-17)39-2)11-32-26-25(31)35-20(12-33-26)24-23(30)18(27(36)37)10-19(34-24)14-3-6-16(7-4-14)40-13-22(28)29/h3-10,12,22H,11,13H2,1-2H3,(H,32,33)(H,36,37). The molecule has 0 spiro atoms. The van der Waals surface area contributed by atoms with Gasteiger partial charge in [0.25, 0.3) is 12.4 Å². The lowest BCUT2D eigenvalue weighted by Gasteiger charge is -2.13. The molecule has 2 aromatic heterocycles. The Morgan fingerprint density at radius 1 is 0.975 bits per heavy atom. The summed E-state index contributed by atoms with van der Waals surface area (Å²) in [5.74, 6) is -2.91. The Morgan fingerprint density at radius 2 is 1.70 bits per heavy atom. The number of carboxylic acids is 1. The van der Waals surface area contributed by atoms with E-state index < -0.39 is 42.0 Å². The quantitative estimate of drug-likeness (QED) is 0.232. The van der Waals surface area contributed by atoms with Gasteiger partial charge >= 0.3 is 5.97 Å². The zero-order valence-corrected chi connectivity index (χ0v) is 21.1. The predicted molar refractivity (Wildman–Crippen MR) is 136 cm³/mol. The third-order valence-corrected chi connectivity index (χ3v) is 5.63. The van der Waals surface area contributed by atoms with Gasteiger partial charge in [0.05, 0.1) is 31.7 Å². The SMILES string of the molecule is COc1ccc(CNc2ncc(-c3nc(-c4ccc(OCC(F)F)cc4)cc(C(=O)O)c3F)nc2F)c(OC)c1. The molecule has 0 atom stereocenters. The van der Waals surface area contributed by atoms with Crippen molar-refractivity contribution in [1.29, 1.82) is 0 Å². The van der Waals surface area contributed by atoms with Crippen LogP contribution in [0.1, 0.15) is 15.9 Å². The van der Waals surface area contributed by atoms with Crippen LogP contribution in [0.15, 0.2) is 54.7 Å². The largest absolute Gasteiger partial charge is 0.497 e. The van der Waals surface area contributed by atoms with Crippen molar-refractivity contribution >= 4 is 11.8 Å². The van der Waals surface area contributed by atoms with Gasteiger partial charge in [-0.3, -0.25) is 0 Å². The van der Waals surface area contributed by atoms with Gasteiger partial charge in [0.2, 0.25) is 0 Å². The van der Waals surface area contributed by atoms with Crippen LogP contribution in [0.25, 0.3) is 22.6 Å². The molecule has 2 N–H and O–H groups in total. The number of hydrogen-bond donors (Lipinski definition) is 2. The van der Waals surface area contributed by atoms with E-state index in [1.54, 1.807) is 18.2 Å². The van der Waals surface area contributed by atoms with Crippen molar-refractivity contribution < 1.29 is 41.7 Å². The normalized spacial score (nSPS) is 10.9. The number of aromatic carboxylic acids is 1. The summed E-state index contributed by atoms with van der Waals surface area (Å²) in [6, 6.07) is 11.7. The number of nitrogens with one attached hydrogen (secondary N) is 1. The second-order valence-electron chi connectivity index (χ2n) is 8.18. The van der Waals surface area contributed by atoms with E-state index in [-0.39, 0.29) is 29.5 Å². The first-order valence-corrected chi connectivity index (χ1v) is 11.6. The van der Waals surface area contributed by atoms with Crippen molar-refractivity contribution in [3.05, 3.63) is 77.6 Å². The average Bonchev–Trinajstić information content (AvgIpc) is 2.95. The van der Waals surface area contributed by atoms with Gasteiger partial charge < -0.3 is 24.6 Å². The molecule has 0 fully saturated rings. The molecule has 208 valence electrons. The molecule has 0 aliphatic carbocycles. The Morgan fingerprint density at radius 3 is 2.33 bits per heavy atom. The van der Waals surface area contributed by atoms with Crippen LogP contribution in [0, 0.1) is 11.8 Å². The molecule has 0 aliphatic rings. The van der Waals surface area contributed by atoms with Gasteiger partial charge in [-0.05, 0) is 42.5 Å². The second-order valence-corrected chi connectivity index (χ2v) is 8.18. The lowest BCUT2D eigenvalue weighted by Crippen LogP contribution is -2.09. The number of carbonyl (C=O) groups is 1. The van der Waals surface area contributed by atoms with E-state index in [1.807, 2.05) is 0 Å². The monoisotopic (exact) mass is 558 g/mol. The van der Waals surface area contributed by atoms with Crippen LogP contribution in [0.4, 0.5) is 23.4 Å². The number of rotatable bonds is 11. The van der Waals surface area contributed by atoms with Crippen molar-refractivity contribution in [2.24, 2.45) is 0 Å². The molecule has 2 aromatic carbocycles. The Hall–Kier alpha value is -4.94. The third-order valence-electron chi connectivity index (χ3n) is 5.63. The number of pyridine rings is 1. The molecule has 0 saturated heterocycles. The molecule has 4 aromatic rings. The molecule has 0 aliphatic heterocycles. The molecular formula is C27H22F4N4O5. The van der Waals surface area contributed by atoms with Gasteiger partial charge in [0, 0.05) is 23.7 Å². The summed E-state index contributed by atoms with van der Waals surface area (Å²) >= 11 is 0. The number of halogens is 4. The van der Waals surface area contributed by atoms with Crippen LogP contribution in [0.5, 0.6) is 17.2 Å². The summed E-state index contributed by atoms with van der Waals surface area (Å²) in [6.45, 7) is -0.690. The molecular weight excluding hydrogens is 536 g/mol. The maximum Gasteiger partial charge on any atom is 0.338 e. The fourth-order valence-corrected chi connectivity index (χ4v) is 3.66. The van der Waals surface area contributed by atoms with E-state index in [2.05, 4.69) is 20.3 Å². The molecule has 0 unspecified atom stereocenters. The fraction of sp³-hybridized carbons (Fsp3) is 0.185. The third kappa shape index (κ3) is 6.37. The van der Waals surface area contributed by atoms with Gasteiger partial charge in [-0.1, -0.05) is 0 Å². The number of methoxy groups -OCH3 is 2. The number of benzene rings is 2. The van der Waals surface area contributed by atoms with Crippen molar-refractivity contribution in [2.45, 2.75) is 13.0 Å². The summed E-state index contributed by atoms with van der Waals surface area (Å²) in [4.78, 5) is 23.6. The average molecular weight is 558 g/mol. The fourth-order valence-electron chi connectivity index (χ4n) is 3.66. The van der Waals surface area contributed by atoms with Crippen molar-refractivity contribution in [1.82, 2.24) is 15.0 Å². The highest BCUT2D eigenvalue weighted by molar-refractivity contribution is 5.91. The molecule has 0 bridgehead atoms. The highest BCUT2D eigenvalue weighted by Crippen LogP contribution is 2.30.